The quantitative estimate of drug-likeness (QED) is 0.652. The molecule has 3 N–H and O–H groups in total. The molecule has 0 unspecified atom stereocenters. The smallest absolute Gasteiger partial charge is 0.248 e. The molecule has 0 saturated carbocycles. The molecule has 0 atom stereocenters. The Balaban J connectivity index is 2.01. The summed E-state index contributed by atoms with van der Waals surface area (Å²) in [4.78, 5) is 15.8. The molecule has 0 aliphatic rings. The number of rotatable bonds is 3. The highest BCUT2D eigenvalue weighted by molar-refractivity contribution is 6.01. The number of hydrogen-bond donors (Lipinski definition) is 2. The van der Waals surface area contributed by atoms with E-state index < -0.39 is 0 Å². The number of carbonyl (C=O) groups excluding carboxylic acids is 1. The lowest BCUT2D eigenvalue weighted by Crippen LogP contribution is -2.07. The molecular weight excluding hydrogens is 238 g/mol. The first-order valence-corrected chi connectivity index (χ1v) is 5.91. The van der Waals surface area contributed by atoms with Crippen LogP contribution in [0.5, 0.6) is 0 Å². The van der Waals surface area contributed by atoms with Crippen molar-refractivity contribution in [3.63, 3.8) is 0 Å². The molecule has 1 amide bonds. The van der Waals surface area contributed by atoms with Gasteiger partial charge in [0.15, 0.2) is 0 Å². The Labute approximate surface area is 112 Å². The van der Waals surface area contributed by atoms with Gasteiger partial charge in [0, 0.05) is 29.3 Å². The van der Waals surface area contributed by atoms with E-state index in [4.69, 9.17) is 5.73 Å². The van der Waals surface area contributed by atoms with Gasteiger partial charge in [0.05, 0.1) is 0 Å². The standard InChI is InChI=1S/C15H15N3O/c1-11-9-14(7-8-17-11)18-15(19)6-5-12-3-2-4-13(16)10-12/h2-10H,16H2,1H3,(H,17,18,19)/b6-5+. The van der Waals surface area contributed by atoms with Gasteiger partial charge in [-0.25, -0.2) is 0 Å². The molecule has 1 aromatic heterocycles. The molecule has 19 heavy (non-hydrogen) atoms. The molecule has 0 saturated heterocycles. The van der Waals surface area contributed by atoms with Crippen LogP contribution in [0.1, 0.15) is 11.3 Å². The minimum atomic E-state index is -0.187. The van der Waals surface area contributed by atoms with E-state index in [1.807, 2.05) is 25.1 Å². The minimum Gasteiger partial charge on any atom is -0.399 e. The second-order valence-electron chi connectivity index (χ2n) is 4.18. The van der Waals surface area contributed by atoms with E-state index in [1.165, 1.54) is 6.08 Å². The van der Waals surface area contributed by atoms with Gasteiger partial charge in [-0.2, -0.15) is 0 Å². The summed E-state index contributed by atoms with van der Waals surface area (Å²) in [5, 5.41) is 2.77. The Hall–Kier alpha value is -2.62. The van der Waals surface area contributed by atoms with Gasteiger partial charge in [0.2, 0.25) is 5.91 Å². The highest BCUT2D eigenvalue weighted by Gasteiger charge is 1.98. The molecule has 0 fully saturated rings. The van der Waals surface area contributed by atoms with Crippen molar-refractivity contribution in [3.8, 4) is 0 Å². The third-order valence-electron chi connectivity index (χ3n) is 2.50. The summed E-state index contributed by atoms with van der Waals surface area (Å²) in [6.07, 6.45) is 4.86. The van der Waals surface area contributed by atoms with E-state index in [2.05, 4.69) is 10.3 Å². The van der Waals surface area contributed by atoms with E-state index in [0.29, 0.717) is 5.69 Å². The van der Waals surface area contributed by atoms with Crippen molar-refractivity contribution in [2.45, 2.75) is 6.92 Å². The van der Waals surface area contributed by atoms with Crippen molar-refractivity contribution in [1.29, 1.82) is 0 Å². The van der Waals surface area contributed by atoms with Crippen LogP contribution in [-0.4, -0.2) is 10.9 Å². The second kappa shape index (κ2) is 5.82. The number of nitrogens with two attached hydrogens (primary N) is 1. The predicted octanol–water partition coefficient (Wildman–Crippen LogP) is 2.62. The van der Waals surface area contributed by atoms with Crippen LogP contribution < -0.4 is 11.1 Å². The summed E-state index contributed by atoms with van der Waals surface area (Å²) < 4.78 is 0. The maximum absolute atomic E-state index is 11.7. The van der Waals surface area contributed by atoms with E-state index in [9.17, 15) is 4.79 Å². The van der Waals surface area contributed by atoms with Gasteiger partial charge in [-0.1, -0.05) is 12.1 Å². The van der Waals surface area contributed by atoms with E-state index >= 15 is 0 Å². The maximum atomic E-state index is 11.7. The first kappa shape index (κ1) is 12.8. The summed E-state index contributed by atoms with van der Waals surface area (Å²) in [6.45, 7) is 1.87. The van der Waals surface area contributed by atoms with Crippen molar-refractivity contribution >= 4 is 23.4 Å². The lowest BCUT2D eigenvalue weighted by atomic mass is 10.2. The molecule has 0 bridgehead atoms. The number of amides is 1. The molecule has 2 aromatic rings. The van der Waals surface area contributed by atoms with Crippen LogP contribution in [0.2, 0.25) is 0 Å². The molecule has 0 radical (unpaired) electrons. The highest BCUT2D eigenvalue weighted by Crippen LogP contribution is 2.09. The third-order valence-corrected chi connectivity index (χ3v) is 2.50. The van der Waals surface area contributed by atoms with Crippen LogP contribution in [0.25, 0.3) is 6.08 Å². The number of carbonyl (C=O) groups is 1. The number of hydrogen-bond acceptors (Lipinski definition) is 3. The van der Waals surface area contributed by atoms with Crippen LogP contribution in [0.3, 0.4) is 0 Å². The zero-order valence-electron chi connectivity index (χ0n) is 10.6. The molecule has 0 spiro atoms. The van der Waals surface area contributed by atoms with Crippen LogP contribution in [-0.2, 0) is 4.79 Å². The van der Waals surface area contributed by atoms with Crippen LogP contribution in [0.15, 0.2) is 48.7 Å². The molecule has 96 valence electrons. The Morgan fingerprint density at radius 1 is 1.32 bits per heavy atom. The normalized spacial score (nSPS) is 10.6. The predicted molar refractivity (Wildman–Crippen MR) is 77.5 cm³/mol. The van der Waals surface area contributed by atoms with E-state index in [0.717, 1.165) is 16.9 Å². The fraction of sp³-hybridized carbons (Fsp3) is 0.0667. The second-order valence-corrected chi connectivity index (χ2v) is 4.18. The number of benzene rings is 1. The summed E-state index contributed by atoms with van der Waals surface area (Å²) in [6, 6.07) is 10.9. The van der Waals surface area contributed by atoms with Crippen molar-refractivity contribution in [2.24, 2.45) is 0 Å². The summed E-state index contributed by atoms with van der Waals surface area (Å²) >= 11 is 0. The van der Waals surface area contributed by atoms with Gasteiger partial charge < -0.3 is 11.1 Å². The molecular formula is C15H15N3O. The van der Waals surface area contributed by atoms with Gasteiger partial charge in [-0.15, -0.1) is 0 Å². The number of nitrogens with one attached hydrogen (secondary N) is 1. The molecule has 4 nitrogen and oxygen atoms in total. The largest absolute Gasteiger partial charge is 0.399 e. The number of nitrogen functional groups attached to an aromatic ring is 1. The van der Waals surface area contributed by atoms with Crippen molar-refractivity contribution in [2.75, 3.05) is 11.1 Å². The SMILES string of the molecule is Cc1cc(NC(=O)/C=C/c2cccc(N)c2)ccn1. The summed E-state index contributed by atoms with van der Waals surface area (Å²) in [7, 11) is 0. The Bertz CT molecular complexity index is 620. The zero-order valence-corrected chi connectivity index (χ0v) is 10.6. The fourth-order valence-corrected chi connectivity index (χ4v) is 1.64. The molecule has 1 heterocycles. The monoisotopic (exact) mass is 253 g/mol. The lowest BCUT2D eigenvalue weighted by Gasteiger charge is -2.02. The third kappa shape index (κ3) is 3.96. The van der Waals surface area contributed by atoms with Gasteiger partial charge in [0.25, 0.3) is 0 Å². The Morgan fingerprint density at radius 3 is 2.89 bits per heavy atom. The number of aromatic nitrogens is 1. The van der Waals surface area contributed by atoms with Crippen molar-refractivity contribution in [1.82, 2.24) is 4.98 Å². The molecule has 2 rings (SSSR count). The maximum Gasteiger partial charge on any atom is 0.248 e. The average Bonchev–Trinajstić information content (AvgIpc) is 2.36. The van der Waals surface area contributed by atoms with Gasteiger partial charge in [-0.05, 0) is 42.8 Å². The molecule has 0 aliphatic heterocycles. The summed E-state index contributed by atoms with van der Waals surface area (Å²) in [5.41, 5.74) is 8.82. The Kier molecular flexibility index (Phi) is 3.93. The van der Waals surface area contributed by atoms with Gasteiger partial charge in [-0.3, -0.25) is 9.78 Å². The van der Waals surface area contributed by atoms with Crippen LogP contribution in [0, 0.1) is 6.92 Å². The van der Waals surface area contributed by atoms with E-state index in [1.54, 1.807) is 30.5 Å². The van der Waals surface area contributed by atoms with Crippen molar-refractivity contribution in [3.05, 3.63) is 59.9 Å². The number of nitrogens with zero attached hydrogens (tertiary/aromatic N) is 1. The fourth-order valence-electron chi connectivity index (χ4n) is 1.64. The average molecular weight is 253 g/mol. The zero-order chi connectivity index (χ0) is 13.7. The van der Waals surface area contributed by atoms with Gasteiger partial charge >= 0.3 is 0 Å². The Morgan fingerprint density at radius 2 is 2.16 bits per heavy atom. The van der Waals surface area contributed by atoms with E-state index in [-0.39, 0.29) is 5.91 Å². The van der Waals surface area contributed by atoms with Crippen molar-refractivity contribution < 1.29 is 4.79 Å². The summed E-state index contributed by atoms with van der Waals surface area (Å²) in [5.74, 6) is -0.187. The lowest BCUT2D eigenvalue weighted by molar-refractivity contribution is -0.111. The van der Waals surface area contributed by atoms with Gasteiger partial charge in [0.1, 0.15) is 0 Å². The topological polar surface area (TPSA) is 68.0 Å². The highest BCUT2D eigenvalue weighted by atomic mass is 16.1. The molecule has 0 aliphatic carbocycles. The number of aryl methyl sites for hydroxylation is 1. The van der Waals surface area contributed by atoms with Crippen LogP contribution in [0.4, 0.5) is 11.4 Å². The number of pyridine rings is 1. The first-order chi connectivity index (χ1) is 9.13. The van der Waals surface area contributed by atoms with Crippen LogP contribution >= 0.6 is 0 Å². The minimum absolute atomic E-state index is 0.187. The molecule has 1 aromatic carbocycles. The first-order valence-electron chi connectivity index (χ1n) is 5.91. The number of anilines is 2. The molecule has 4 heteroatoms.